The molecule has 0 aromatic carbocycles. The number of likely N-dealkylation sites (N-methyl/N-ethyl adjacent to an activating group) is 1. The average Bonchev–Trinajstić information content (AvgIpc) is 3.12. The highest BCUT2D eigenvalue weighted by Gasteiger charge is 2.35. The van der Waals surface area contributed by atoms with E-state index in [-0.39, 0.29) is 12.1 Å². The molecule has 1 aromatic rings. The third-order valence-corrected chi connectivity index (χ3v) is 4.77. The molecular formula is C15H27N5O. The van der Waals surface area contributed by atoms with Crippen LogP contribution in [0.4, 0.5) is 0 Å². The number of fused-ring (bicyclic) bond motifs is 1. The molecule has 2 aliphatic rings. The fourth-order valence-electron chi connectivity index (χ4n) is 3.55. The summed E-state index contributed by atoms with van der Waals surface area (Å²) in [5, 5.41) is 7.75. The largest absolute Gasteiger partial charge is 0.374 e. The predicted octanol–water partition coefficient (Wildman–Crippen LogP) is 0.853. The minimum Gasteiger partial charge on any atom is -0.374 e. The first kappa shape index (κ1) is 14.9. The van der Waals surface area contributed by atoms with Crippen LogP contribution in [0.25, 0.3) is 0 Å². The van der Waals surface area contributed by atoms with Gasteiger partial charge in [0.15, 0.2) is 0 Å². The van der Waals surface area contributed by atoms with E-state index in [9.17, 15) is 0 Å². The van der Waals surface area contributed by atoms with E-state index >= 15 is 0 Å². The molecule has 3 heterocycles. The lowest BCUT2D eigenvalue weighted by molar-refractivity contribution is -0.0637. The van der Waals surface area contributed by atoms with Crippen LogP contribution in [0.3, 0.4) is 0 Å². The molecule has 1 N–H and O–H groups in total. The molecule has 2 fully saturated rings. The molecule has 6 heteroatoms. The van der Waals surface area contributed by atoms with Gasteiger partial charge in [-0.2, -0.15) is 5.10 Å². The van der Waals surface area contributed by atoms with Crippen molar-refractivity contribution in [2.24, 2.45) is 0 Å². The minimum absolute atomic E-state index is 0.238. The van der Waals surface area contributed by atoms with E-state index in [1.165, 1.54) is 19.4 Å². The lowest BCUT2D eigenvalue weighted by Crippen LogP contribution is -2.54. The second-order valence-corrected chi connectivity index (χ2v) is 6.48. The molecule has 3 rings (SSSR count). The van der Waals surface area contributed by atoms with Crippen molar-refractivity contribution in [3.8, 4) is 0 Å². The van der Waals surface area contributed by atoms with Gasteiger partial charge in [-0.3, -0.25) is 4.90 Å². The summed E-state index contributed by atoms with van der Waals surface area (Å²) >= 11 is 0. The van der Waals surface area contributed by atoms with Crippen molar-refractivity contribution < 1.29 is 4.74 Å². The Morgan fingerprint density at radius 2 is 2.33 bits per heavy atom. The zero-order chi connectivity index (χ0) is 14.8. The molecule has 0 aliphatic carbocycles. The zero-order valence-corrected chi connectivity index (χ0v) is 13.3. The van der Waals surface area contributed by atoms with Gasteiger partial charge >= 0.3 is 0 Å². The second-order valence-electron chi connectivity index (χ2n) is 6.48. The Hall–Kier alpha value is -0.980. The van der Waals surface area contributed by atoms with Gasteiger partial charge in [-0.05, 0) is 40.3 Å². The van der Waals surface area contributed by atoms with E-state index in [1.54, 1.807) is 6.33 Å². The van der Waals surface area contributed by atoms with Gasteiger partial charge in [-0.15, -0.1) is 0 Å². The van der Waals surface area contributed by atoms with Crippen LogP contribution in [0, 0.1) is 0 Å². The summed E-state index contributed by atoms with van der Waals surface area (Å²) in [6.07, 6.45) is 5.35. The second kappa shape index (κ2) is 6.42. The summed E-state index contributed by atoms with van der Waals surface area (Å²) in [5.74, 6) is 1.04. The maximum Gasteiger partial charge on any atom is 0.138 e. The Morgan fingerprint density at radius 3 is 3.10 bits per heavy atom. The van der Waals surface area contributed by atoms with Gasteiger partial charge in [0.2, 0.25) is 0 Å². The third kappa shape index (κ3) is 3.12. The van der Waals surface area contributed by atoms with Crippen molar-refractivity contribution in [1.82, 2.24) is 25.0 Å². The minimum atomic E-state index is 0.238. The quantitative estimate of drug-likeness (QED) is 0.872. The number of morpholine rings is 1. The number of nitrogens with zero attached hydrogens (tertiary/aromatic N) is 4. The van der Waals surface area contributed by atoms with Crippen LogP contribution in [0.15, 0.2) is 6.33 Å². The van der Waals surface area contributed by atoms with Crippen molar-refractivity contribution in [3.63, 3.8) is 0 Å². The van der Waals surface area contributed by atoms with Crippen LogP contribution in [0.2, 0.25) is 0 Å². The first-order chi connectivity index (χ1) is 10.2. The molecule has 0 amide bonds. The Balaban J connectivity index is 1.66. The van der Waals surface area contributed by atoms with E-state index in [2.05, 4.69) is 34.1 Å². The summed E-state index contributed by atoms with van der Waals surface area (Å²) in [7, 11) is 2.01. The molecule has 2 aliphatic heterocycles. The summed E-state index contributed by atoms with van der Waals surface area (Å²) in [4.78, 5) is 7.02. The molecule has 1 aromatic heterocycles. The number of nitrogens with one attached hydrogen (secondary N) is 1. The summed E-state index contributed by atoms with van der Waals surface area (Å²) in [6, 6.07) is 1.28. The van der Waals surface area contributed by atoms with Gasteiger partial charge in [0.05, 0.1) is 12.7 Å². The highest BCUT2D eigenvalue weighted by atomic mass is 16.5. The standard InChI is InChI=1S/C15H27N5O/c1-11(2)20-15(17-10-18-20)7-13(16-3)14-8-19-6-4-5-12(19)9-21-14/h10-14,16H,4-9H2,1-3H3. The number of aromatic nitrogens is 3. The summed E-state index contributed by atoms with van der Waals surface area (Å²) in [5.41, 5.74) is 0. The fourth-order valence-corrected chi connectivity index (χ4v) is 3.55. The molecule has 6 nitrogen and oxygen atoms in total. The normalized spacial score (nSPS) is 28.0. The first-order valence-electron chi connectivity index (χ1n) is 8.10. The Bertz CT molecular complexity index is 461. The lowest BCUT2D eigenvalue weighted by atomic mass is 10.0. The molecule has 3 unspecified atom stereocenters. The maximum atomic E-state index is 6.13. The predicted molar refractivity (Wildman–Crippen MR) is 81.3 cm³/mol. The maximum absolute atomic E-state index is 6.13. The van der Waals surface area contributed by atoms with Crippen molar-refractivity contribution in [1.29, 1.82) is 0 Å². The molecule has 21 heavy (non-hydrogen) atoms. The number of hydrogen-bond acceptors (Lipinski definition) is 5. The van der Waals surface area contributed by atoms with E-state index in [0.29, 0.717) is 12.1 Å². The van der Waals surface area contributed by atoms with Crippen molar-refractivity contribution >= 4 is 0 Å². The van der Waals surface area contributed by atoms with Gasteiger partial charge in [-0.25, -0.2) is 9.67 Å². The molecule has 0 bridgehead atoms. The lowest BCUT2D eigenvalue weighted by Gasteiger charge is -2.38. The summed E-state index contributed by atoms with van der Waals surface area (Å²) < 4.78 is 8.14. The monoisotopic (exact) mass is 293 g/mol. The highest BCUT2D eigenvalue weighted by molar-refractivity contribution is 4.97. The van der Waals surface area contributed by atoms with E-state index in [0.717, 1.165) is 25.4 Å². The van der Waals surface area contributed by atoms with Gasteiger partial charge in [-0.1, -0.05) is 0 Å². The first-order valence-corrected chi connectivity index (χ1v) is 8.10. The molecule has 3 atom stereocenters. The van der Waals surface area contributed by atoms with E-state index in [1.807, 2.05) is 11.7 Å². The highest BCUT2D eigenvalue weighted by Crippen LogP contribution is 2.24. The Kier molecular flexibility index (Phi) is 4.57. The molecular weight excluding hydrogens is 266 g/mol. The van der Waals surface area contributed by atoms with Crippen LogP contribution < -0.4 is 5.32 Å². The molecule has 0 radical (unpaired) electrons. The van der Waals surface area contributed by atoms with Crippen LogP contribution in [-0.4, -0.2) is 64.6 Å². The molecule has 0 spiro atoms. The van der Waals surface area contributed by atoms with Crippen molar-refractivity contribution in [2.45, 2.75) is 57.3 Å². The third-order valence-electron chi connectivity index (χ3n) is 4.77. The molecule has 118 valence electrons. The average molecular weight is 293 g/mol. The van der Waals surface area contributed by atoms with Crippen molar-refractivity contribution in [2.75, 3.05) is 26.7 Å². The topological polar surface area (TPSA) is 55.2 Å². The number of ether oxygens (including phenoxy) is 1. The Labute approximate surface area is 126 Å². The van der Waals surface area contributed by atoms with Crippen LogP contribution in [0.1, 0.15) is 38.6 Å². The number of rotatable bonds is 5. The summed E-state index contributed by atoms with van der Waals surface area (Å²) in [6.45, 7) is 7.41. The number of hydrogen-bond donors (Lipinski definition) is 1. The van der Waals surface area contributed by atoms with Crippen LogP contribution in [0.5, 0.6) is 0 Å². The van der Waals surface area contributed by atoms with Crippen molar-refractivity contribution in [3.05, 3.63) is 12.2 Å². The smallest absolute Gasteiger partial charge is 0.138 e. The fraction of sp³-hybridized carbons (Fsp3) is 0.867. The van der Waals surface area contributed by atoms with Gasteiger partial charge < -0.3 is 10.1 Å². The van der Waals surface area contributed by atoms with E-state index in [4.69, 9.17) is 4.74 Å². The molecule has 2 saturated heterocycles. The van der Waals surface area contributed by atoms with Gasteiger partial charge in [0.1, 0.15) is 12.2 Å². The van der Waals surface area contributed by atoms with Crippen LogP contribution in [-0.2, 0) is 11.2 Å². The SMILES string of the molecule is CNC(Cc1ncnn1C(C)C)C1CN2CCCC2CO1. The van der Waals surface area contributed by atoms with Crippen LogP contribution >= 0.6 is 0 Å². The Morgan fingerprint density at radius 1 is 1.48 bits per heavy atom. The van der Waals surface area contributed by atoms with Gasteiger partial charge in [0.25, 0.3) is 0 Å². The van der Waals surface area contributed by atoms with E-state index < -0.39 is 0 Å². The van der Waals surface area contributed by atoms with Gasteiger partial charge in [0, 0.05) is 31.1 Å². The molecule has 0 saturated carbocycles. The zero-order valence-electron chi connectivity index (χ0n) is 13.3.